The van der Waals surface area contributed by atoms with E-state index in [1.807, 2.05) is 49.9 Å². The van der Waals surface area contributed by atoms with E-state index in [4.69, 9.17) is 4.74 Å². The number of nitrogens with zero attached hydrogens (tertiary/aromatic N) is 1. The molecule has 0 bridgehead atoms. The first-order valence-corrected chi connectivity index (χ1v) is 9.49. The Bertz CT molecular complexity index is 790. The van der Waals surface area contributed by atoms with Gasteiger partial charge in [-0.3, -0.25) is 14.5 Å². The van der Waals surface area contributed by atoms with Gasteiger partial charge in [-0.1, -0.05) is 25.1 Å². The molecule has 1 unspecified atom stereocenters. The van der Waals surface area contributed by atoms with Gasteiger partial charge in [-0.2, -0.15) is 0 Å². The molecule has 6 nitrogen and oxygen atoms in total. The van der Waals surface area contributed by atoms with Gasteiger partial charge in [-0.05, 0) is 62.7 Å². The van der Waals surface area contributed by atoms with Crippen molar-refractivity contribution < 1.29 is 14.3 Å². The zero-order valence-electron chi connectivity index (χ0n) is 17.0. The Kier molecular flexibility index (Phi) is 8.02. The number of ether oxygens (including phenoxy) is 1. The first-order valence-electron chi connectivity index (χ1n) is 9.49. The minimum Gasteiger partial charge on any atom is -0.497 e. The van der Waals surface area contributed by atoms with Crippen molar-refractivity contribution in [2.24, 2.45) is 0 Å². The van der Waals surface area contributed by atoms with Crippen molar-refractivity contribution in [3.63, 3.8) is 0 Å². The van der Waals surface area contributed by atoms with Crippen molar-refractivity contribution in [3.8, 4) is 5.75 Å². The Morgan fingerprint density at radius 1 is 1.07 bits per heavy atom. The summed E-state index contributed by atoms with van der Waals surface area (Å²) in [6.45, 7) is 6.60. The van der Waals surface area contributed by atoms with Crippen molar-refractivity contribution in [2.75, 3.05) is 30.8 Å². The second-order valence-corrected chi connectivity index (χ2v) is 6.73. The lowest BCUT2D eigenvalue weighted by Gasteiger charge is -2.27. The number of anilines is 2. The smallest absolute Gasteiger partial charge is 0.241 e. The molecule has 0 aromatic heterocycles. The molecule has 0 aliphatic carbocycles. The molecule has 2 amide bonds. The third-order valence-corrected chi connectivity index (χ3v) is 4.56. The molecule has 0 fully saturated rings. The molecule has 2 aromatic rings. The molecular formula is C22H29N3O3. The van der Waals surface area contributed by atoms with Gasteiger partial charge in [0.2, 0.25) is 11.8 Å². The van der Waals surface area contributed by atoms with Gasteiger partial charge in [-0.25, -0.2) is 0 Å². The minimum atomic E-state index is -0.440. The third kappa shape index (κ3) is 6.09. The number of rotatable bonds is 9. The van der Waals surface area contributed by atoms with Crippen LogP contribution >= 0.6 is 0 Å². The van der Waals surface area contributed by atoms with E-state index in [2.05, 4.69) is 10.6 Å². The quantitative estimate of drug-likeness (QED) is 0.693. The molecule has 28 heavy (non-hydrogen) atoms. The Balaban J connectivity index is 1.99. The highest BCUT2D eigenvalue weighted by Crippen LogP contribution is 2.16. The normalized spacial score (nSPS) is 11.8. The number of hydrogen-bond acceptors (Lipinski definition) is 4. The zero-order chi connectivity index (χ0) is 20.5. The predicted molar refractivity (Wildman–Crippen MR) is 113 cm³/mol. The fourth-order valence-corrected chi connectivity index (χ4v) is 2.87. The van der Waals surface area contributed by atoms with Crippen molar-refractivity contribution in [2.45, 2.75) is 33.2 Å². The number of nitrogens with one attached hydrogen (secondary N) is 2. The van der Waals surface area contributed by atoms with Crippen molar-refractivity contribution in [3.05, 3.63) is 54.1 Å². The predicted octanol–water partition coefficient (Wildman–Crippen LogP) is 3.68. The number of aryl methyl sites for hydroxylation is 1. The topological polar surface area (TPSA) is 70.7 Å². The van der Waals surface area contributed by atoms with Crippen LogP contribution in [0.2, 0.25) is 0 Å². The monoisotopic (exact) mass is 383 g/mol. The van der Waals surface area contributed by atoms with Crippen LogP contribution in [0.4, 0.5) is 11.4 Å². The van der Waals surface area contributed by atoms with Crippen LogP contribution in [0.1, 0.15) is 25.8 Å². The lowest BCUT2D eigenvalue weighted by Crippen LogP contribution is -2.46. The summed E-state index contributed by atoms with van der Waals surface area (Å²) in [5.41, 5.74) is 2.49. The fourth-order valence-electron chi connectivity index (χ4n) is 2.87. The highest BCUT2D eigenvalue weighted by atomic mass is 16.5. The number of amides is 2. The molecule has 2 N–H and O–H groups in total. The molecule has 0 saturated carbocycles. The first-order chi connectivity index (χ1) is 13.4. The minimum absolute atomic E-state index is 0.133. The van der Waals surface area contributed by atoms with E-state index in [0.717, 1.165) is 23.4 Å². The summed E-state index contributed by atoms with van der Waals surface area (Å²) in [5.74, 6) is 0.445. The second-order valence-electron chi connectivity index (χ2n) is 6.73. The van der Waals surface area contributed by atoms with Crippen LogP contribution in [0.3, 0.4) is 0 Å². The molecule has 0 saturated heterocycles. The summed E-state index contributed by atoms with van der Waals surface area (Å²) < 4.78 is 5.13. The summed E-state index contributed by atoms with van der Waals surface area (Å²) in [4.78, 5) is 27.1. The van der Waals surface area contributed by atoms with Crippen molar-refractivity contribution in [1.29, 1.82) is 0 Å². The Hall–Kier alpha value is -2.86. The number of carbonyl (C=O) groups excluding carboxylic acids is 2. The Morgan fingerprint density at radius 2 is 1.75 bits per heavy atom. The summed E-state index contributed by atoms with van der Waals surface area (Å²) in [6, 6.07) is 14.4. The molecule has 0 aliphatic heterocycles. The standard InChI is InChI=1S/C22H29N3O3/c1-5-14-25(15-21(26)24-20-9-7-6-8-16(20)2)17(3)22(27)23-18-10-12-19(28-4)13-11-18/h6-13,17H,5,14-15H2,1-4H3,(H,23,27)(H,24,26). The maximum absolute atomic E-state index is 12.7. The van der Waals surface area contributed by atoms with Crippen LogP contribution in [0, 0.1) is 6.92 Å². The summed E-state index contributed by atoms with van der Waals surface area (Å²) in [7, 11) is 1.60. The fraction of sp³-hybridized carbons (Fsp3) is 0.364. The van der Waals surface area contributed by atoms with E-state index in [0.29, 0.717) is 12.2 Å². The van der Waals surface area contributed by atoms with Gasteiger partial charge in [0.15, 0.2) is 0 Å². The van der Waals surface area contributed by atoms with E-state index >= 15 is 0 Å². The lowest BCUT2D eigenvalue weighted by molar-refractivity contribution is -0.123. The largest absolute Gasteiger partial charge is 0.497 e. The van der Waals surface area contributed by atoms with Crippen LogP contribution in [0.25, 0.3) is 0 Å². The molecule has 6 heteroatoms. The Morgan fingerprint density at radius 3 is 2.36 bits per heavy atom. The third-order valence-electron chi connectivity index (χ3n) is 4.56. The van der Waals surface area contributed by atoms with Crippen molar-refractivity contribution in [1.82, 2.24) is 4.90 Å². The van der Waals surface area contributed by atoms with E-state index in [1.54, 1.807) is 31.4 Å². The maximum Gasteiger partial charge on any atom is 0.241 e. The Labute approximate surface area is 166 Å². The van der Waals surface area contributed by atoms with Crippen LogP contribution in [0.15, 0.2) is 48.5 Å². The summed E-state index contributed by atoms with van der Waals surface area (Å²) in [5, 5.41) is 5.83. The molecule has 2 rings (SSSR count). The number of hydrogen-bond donors (Lipinski definition) is 2. The van der Waals surface area contributed by atoms with Crippen molar-refractivity contribution >= 4 is 23.2 Å². The highest BCUT2D eigenvalue weighted by molar-refractivity contribution is 5.96. The van der Waals surface area contributed by atoms with Crippen LogP contribution < -0.4 is 15.4 Å². The molecule has 0 radical (unpaired) electrons. The van der Waals surface area contributed by atoms with Gasteiger partial charge in [0.1, 0.15) is 5.75 Å². The maximum atomic E-state index is 12.7. The van der Waals surface area contributed by atoms with Gasteiger partial charge in [-0.15, -0.1) is 0 Å². The molecule has 1 atom stereocenters. The first kappa shape index (κ1) is 21.4. The van der Waals surface area contributed by atoms with E-state index in [1.165, 1.54) is 0 Å². The number of carbonyl (C=O) groups is 2. The van der Waals surface area contributed by atoms with Gasteiger partial charge in [0, 0.05) is 11.4 Å². The number of para-hydroxylation sites is 1. The summed E-state index contributed by atoms with van der Waals surface area (Å²) >= 11 is 0. The van der Waals surface area contributed by atoms with Gasteiger partial charge < -0.3 is 15.4 Å². The van der Waals surface area contributed by atoms with Gasteiger partial charge >= 0.3 is 0 Å². The van der Waals surface area contributed by atoms with E-state index < -0.39 is 6.04 Å². The number of benzene rings is 2. The molecular weight excluding hydrogens is 354 g/mol. The van der Waals surface area contributed by atoms with Crippen LogP contribution in [0.5, 0.6) is 5.75 Å². The average molecular weight is 383 g/mol. The van der Waals surface area contributed by atoms with Crippen LogP contribution in [-0.4, -0.2) is 43.0 Å². The van der Waals surface area contributed by atoms with E-state index in [-0.39, 0.29) is 18.4 Å². The number of methoxy groups -OCH3 is 1. The second kappa shape index (κ2) is 10.5. The highest BCUT2D eigenvalue weighted by Gasteiger charge is 2.23. The molecule has 0 aliphatic rings. The van der Waals surface area contributed by atoms with Gasteiger partial charge in [0.05, 0.1) is 19.7 Å². The zero-order valence-corrected chi connectivity index (χ0v) is 17.0. The van der Waals surface area contributed by atoms with Crippen LogP contribution in [-0.2, 0) is 9.59 Å². The SMILES string of the molecule is CCCN(CC(=O)Nc1ccccc1C)C(C)C(=O)Nc1ccc(OC)cc1. The lowest BCUT2D eigenvalue weighted by atomic mass is 10.2. The average Bonchev–Trinajstić information content (AvgIpc) is 2.69. The molecule has 150 valence electrons. The van der Waals surface area contributed by atoms with Gasteiger partial charge in [0.25, 0.3) is 0 Å². The molecule has 2 aromatic carbocycles. The summed E-state index contributed by atoms with van der Waals surface area (Å²) in [6.07, 6.45) is 0.845. The molecule has 0 spiro atoms. The molecule has 0 heterocycles. The van der Waals surface area contributed by atoms with E-state index in [9.17, 15) is 9.59 Å².